The quantitative estimate of drug-likeness (QED) is 0.622. The highest BCUT2D eigenvalue weighted by molar-refractivity contribution is 6.08. The van der Waals surface area contributed by atoms with Gasteiger partial charge in [-0.1, -0.05) is 38.1 Å². The van der Waals surface area contributed by atoms with Crippen LogP contribution >= 0.6 is 0 Å². The zero-order valence-corrected chi connectivity index (χ0v) is 17.1. The van der Waals surface area contributed by atoms with Crippen LogP contribution in [0.5, 0.6) is 0 Å². The molecule has 0 bridgehead atoms. The average Bonchev–Trinajstić information content (AvgIpc) is 2.67. The normalized spacial score (nSPS) is 10.7. The summed E-state index contributed by atoms with van der Waals surface area (Å²) in [6.45, 7) is 8.10. The third-order valence-corrected chi connectivity index (χ3v) is 4.57. The van der Waals surface area contributed by atoms with Crippen LogP contribution in [0.2, 0.25) is 0 Å². The summed E-state index contributed by atoms with van der Waals surface area (Å²) in [6.07, 6.45) is 1.47. The standard InChI is InChI=1S/C24H25N3O2/c1-15(2)20-7-5-6-8-21(20)27-24(29)22-14-18(9-10-25-22)23(28)26-19-12-16(3)11-17(4)13-19/h5-15H,1-4H3,(H,26,28)(H,27,29). The first kappa shape index (κ1) is 20.3. The molecule has 29 heavy (non-hydrogen) atoms. The van der Waals surface area contributed by atoms with Crippen molar-refractivity contribution in [3.05, 3.63) is 88.7 Å². The second kappa shape index (κ2) is 8.69. The van der Waals surface area contributed by atoms with Crippen LogP contribution in [0.3, 0.4) is 0 Å². The van der Waals surface area contributed by atoms with Crippen LogP contribution in [-0.4, -0.2) is 16.8 Å². The Hall–Kier alpha value is -3.47. The van der Waals surface area contributed by atoms with Crippen molar-refractivity contribution in [3.63, 3.8) is 0 Å². The fourth-order valence-corrected chi connectivity index (χ4v) is 3.25. The highest BCUT2D eigenvalue weighted by Gasteiger charge is 2.15. The molecule has 3 aromatic rings. The van der Waals surface area contributed by atoms with Crippen LogP contribution in [0.4, 0.5) is 11.4 Å². The molecule has 5 heteroatoms. The number of carbonyl (C=O) groups is 2. The number of benzene rings is 2. The van der Waals surface area contributed by atoms with Crippen molar-refractivity contribution in [2.45, 2.75) is 33.6 Å². The van der Waals surface area contributed by atoms with E-state index in [9.17, 15) is 9.59 Å². The molecule has 5 nitrogen and oxygen atoms in total. The van der Waals surface area contributed by atoms with E-state index in [0.717, 1.165) is 28.1 Å². The molecule has 1 aromatic heterocycles. The number of anilines is 2. The van der Waals surface area contributed by atoms with Gasteiger partial charge in [0.1, 0.15) is 5.69 Å². The molecule has 0 radical (unpaired) electrons. The van der Waals surface area contributed by atoms with Gasteiger partial charge >= 0.3 is 0 Å². The van der Waals surface area contributed by atoms with Crippen LogP contribution < -0.4 is 10.6 Å². The molecule has 148 valence electrons. The van der Waals surface area contributed by atoms with Gasteiger partial charge in [0.2, 0.25) is 0 Å². The van der Waals surface area contributed by atoms with Gasteiger partial charge in [0.25, 0.3) is 11.8 Å². The molecular formula is C24H25N3O2. The minimum Gasteiger partial charge on any atom is -0.322 e. The van der Waals surface area contributed by atoms with E-state index in [1.807, 2.05) is 56.3 Å². The molecule has 0 aliphatic carbocycles. The Balaban J connectivity index is 1.78. The molecule has 0 unspecified atom stereocenters. The summed E-state index contributed by atoms with van der Waals surface area (Å²) >= 11 is 0. The monoisotopic (exact) mass is 387 g/mol. The molecule has 0 atom stereocenters. The van der Waals surface area contributed by atoms with Crippen molar-refractivity contribution < 1.29 is 9.59 Å². The SMILES string of the molecule is Cc1cc(C)cc(NC(=O)c2ccnc(C(=O)Nc3ccccc3C(C)C)c2)c1. The number of aromatic nitrogens is 1. The Bertz CT molecular complexity index is 1040. The number of amides is 2. The van der Waals surface area contributed by atoms with Gasteiger partial charge in [0.05, 0.1) is 0 Å². The molecule has 0 fully saturated rings. The second-order valence-electron chi connectivity index (χ2n) is 7.46. The van der Waals surface area contributed by atoms with Gasteiger partial charge in [-0.3, -0.25) is 14.6 Å². The number of para-hydroxylation sites is 1. The maximum Gasteiger partial charge on any atom is 0.274 e. The lowest BCUT2D eigenvalue weighted by Crippen LogP contribution is -2.17. The minimum atomic E-state index is -0.348. The van der Waals surface area contributed by atoms with Crippen molar-refractivity contribution in [2.75, 3.05) is 10.6 Å². The fourth-order valence-electron chi connectivity index (χ4n) is 3.25. The van der Waals surface area contributed by atoms with Crippen molar-refractivity contribution in [1.29, 1.82) is 0 Å². The van der Waals surface area contributed by atoms with E-state index in [-0.39, 0.29) is 23.4 Å². The van der Waals surface area contributed by atoms with Gasteiger partial charge in [0.15, 0.2) is 0 Å². The number of hydrogen-bond donors (Lipinski definition) is 2. The summed E-state index contributed by atoms with van der Waals surface area (Å²) in [4.78, 5) is 29.5. The van der Waals surface area contributed by atoms with E-state index in [1.54, 1.807) is 6.07 Å². The van der Waals surface area contributed by atoms with Gasteiger partial charge in [-0.2, -0.15) is 0 Å². The molecule has 3 rings (SSSR count). The summed E-state index contributed by atoms with van der Waals surface area (Å²) in [6, 6.07) is 16.6. The Morgan fingerprint density at radius 3 is 2.24 bits per heavy atom. The van der Waals surface area contributed by atoms with Crippen LogP contribution in [0.25, 0.3) is 0 Å². The fraction of sp³-hybridized carbons (Fsp3) is 0.208. The highest BCUT2D eigenvalue weighted by atomic mass is 16.2. The van der Waals surface area contributed by atoms with Crippen LogP contribution in [0, 0.1) is 13.8 Å². The van der Waals surface area contributed by atoms with Gasteiger partial charge < -0.3 is 10.6 Å². The van der Waals surface area contributed by atoms with E-state index in [4.69, 9.17) is 0 Å². The molecule has 1 heterocycles. The molecule has 2 aromatic carbocycles. The number of rotatable bonds is 5. The number of hydrogen-bond acceptors (Lipinski definition) is 3. The summed E-state index contributed by atoms with van der Waals surface area (Å²) in [5, 5.41) is 5.79. The molecular weight excluding hydrogens is 362 g/mol. The molecule has 0 aliphatic heterocycles. The zero-order chi connectivity index (χ0) is 21.0. The lowest BCUT2D eigenvalue weighted by Gasteiger charge is -2.13. The number of nitrogens with one attached hydrogen (secondary N) is 2. The maximum absolute atomic E-state index is 12.7. The van der Waals surface area contributed by atoms with Crippen LogP contribution in [-0.2, 0) is 0 Å². The lowest BCUT2D eigenvalue weighted by molar-refractivity contribution is 0.102. The summed E-state index contributed by atoms with van der Waals surface area (Å²) in [5.41, 5.74) is 5.22. The molecule has 2 N–H and O–H groups in total. The molecule has 0 saturated carbocycles. The Morgan fingerprint density at radius 2 is 1.55 bits per heavy atom. The molecule has 0 saturated heterocycles. The van der Waals surface area contributed by atoms with E-state index >= 15 is 0 Å². The second-order valence-corrected chi connectivity index (χ2v) is 7.46. The number of carbonyl (C=O) groups excluding carboxylic acids is 2. The molecule has 0 aliphatic rings. The minimum absolute atomic E-state index is 0.191. The Kier molecular flexibility index (Phi) is 6.07. The Morgan fingerprint density at radius 1 is 0.862 bits per heavy atom. The van der Waals surface area contributed by atoms with Gasteiger partial charge in [-0.25, -0.2) is 0 Å². The summed E-state index contributed by atoms with van der Waals surface area (Å²) < 4.78 is 0. The van der Waals surface area contributed by atoms with Crippen LogP contribution in [0.15, 0.2) is 60.8 Å². The van der Waals surface area contributed by atoms with E-state index in [1.165, 1.54) is 12.3 Å². The summed E-state index contributed by atoms with van der Waals surface area (Å²) in [5.74, 6) is -0.359. The first-order chi connectivity index (χ1) is 13.8. The van der Waals surface area contributed by atoms with E-state index < -0.39 is 0 Å². The summed E-state index contributed by atoms with van der Waals surface area (Å²) in [7, 11) is 0. The third-order valence-electron chi connectivity index (χ3n) is 4.57. The number of pyridine rings is 1. The predicted molar refractivity (Wildman–Crippen MR) is 117 cm³/mol. The first-order valence-corrected chi connectivity index (χ1v) is 9.59. The van der Waals surface area contributed by atoms with Gasteiger partial charge in [-0.15, -0.1) is 0 Å². The molecule has 0 spiro atoms. The predicted octanol–water partition coefficient (Wildman–Crippen LogP) is 5.33. The first-order valence-electron chi connectivity index (χ1n) is 9.59. The third kappa shape index (κ3) is 5.08. The average molecular weight is 387 g/mol. The van der Waals surface area contributed by atoms with E-state index in [2.05, 4.69) is 29.5 Å². The largest absolute Gasteiger partial charge is 0.322 e. The topological polar surface area (TPSA) is 71.1 Å². The lowest BCUT2D eigenvalue weighted by atomic mass is 10.0. The van der Waals surface area contributed by atoms with Crippen molar-refractivity contribution in [1.82, 2.24) is 4.98 Å². The molecule has 2 amide bonds. The van der Waals surface area contributed by atoms with Crippen molar-refractivity contribution >= 4 is 23.2 Å². The van der Waals surface area contributed by atoms with Crippen LogP contribution in [0.1, 0.15) is 57.3 Å². The van der Waals surface area contributed by atoms with Gasteiger partial charge in [-0.05, 0) is 66.8 Å². The number of nitrogens with zero attached hydrogens (tertiary/aromatic N) is 1. The zero-order valence-electron chi connectivity index (χ0n) is 17.1. The van der Waals surface area contributed by atoms with Crippen molar-refractivity contribution in [3.8, 4) is 0 Å². The Labute approximate surface area is 171 Å². The highest BCUT2D eigenvalue weighted by Crippen LogP contribution is 2.24. The number of aryl methyl sites for hydroxylation is 2. The van der Waals surface area contributed by atoms with Gasteiger partial charge in [0, 0.05) is 23.1 Å². The van der Waals surface area contributed by atoms with E-state index in [0.29, 0.717) is 5.56 Å². The smallest absolute Gasteiger partial charge is 0.274 e. The van der Waals surface area contributed by atoms with Crippen molar-refractivity contribution in [2.24, 2.45) is 0 Å². The maximum atomic E-state index is 12.7.